The number of aromatic amines is 1. The van der Waals surface area contributed by atoms with Gasteiger partial charge in [-0.2, -0.15) is 5.10 Å². The average Bonchev–Trinajstić information content (AvgIpc) is 3.10. The summed E-state index contributed by atoms with van der Waals surface area (Å²) in [4.78, 5) is 19.2. The first-order valence-corrected chi connectivity index (χ1v) is 6.27. The summed E-state index contributed by atoms with van der Waals surface area (Å²) in [7, 11) is 0. The zero-order valence-electron chi connectivity index (χ0n) is 9.57. The van der Waals surface area contributed by atoms with E-state index in [1.54, 1.807) is 24.3 Å². The average molecular weight is 272 g/mol. The van der Waals surface area contributed by atoms with Crippen LogP contribution in [0.1, 0.15) is 10.4 Å². The molecule has 0 aliphatic carbocycles. The number of carboxylic acids is 1. The number of rotatable bonds is 3. The number of hydrogen-bond acceptors (Lipinski definition) is 5. The van der Waals surface area contributed by atoms with E-state index in [-0.39, 0.29) is 5.56 Å². The highest BCUT2D eigenvalue weighted by molar-refractivity contribution is 7.13. The van der Waals surface area contributed by atoms with Crippen LogP contribution in [0.25, 0.3) is 22.1 Å². The van der Waals surface area contributed by atoms with Gasteiger partial charge < -0.3 is 5.11 Å². The molecule has 6 nitrogen and oxygen atoms in total. The van der Waals surface area contributed by atoms with Gasteiger partial charge in [-0.15, -0.1) is 11.3 Å². The lowest BCUT2D eigenvalue weighted by Gasteiger charge is -1.97. The quantitative estimate of drug-likeness (QED) is 0.763. The molecule has 3 aromatic rings. The van der Waals surface area contributed by atoms with Gasteiger partial charge in [0.05, 0.1) is 11.3 Å². The summed E-state index contributed by atoms with van der Waals surface area (Å²) in [6, 6.07) is 6.60. The Hall–Kier alpha value is -2.54. The number of carbonyl (C=O) groups is 1. The molecule has 94 valence electrons. The third kappa shape index (κ3) is 2.23. The molecule has 0 saturated carbocycles. The van der Waals surface area contributed by atoms with Crippen LogP contribution in [0.5, 0.6) is 0 Å². The van der Waals surface area contributed by atoms with Crippen molar-refractivity contribution in [3.63, 3.8) is 0 Å². The van der Waals surface area contributed by atoms with Crippen molar-refractivity contribution in [2.45, 2.75) is 0 Å². The van der Waals surface area contributed by atoms with Gasteiger partial charge in [0.1, 0.15) is 6.33 Å². The van der Waals surface area contributed by atoms with Crippen molar-refractivity contribution in [3.05, 3.63) is 41.5 Å². The molecular weight excluding hydrogens is 264 g/mol. The molecule has 0 aliphatic heterocycles. The molecule has 2 N–H and O–H groups in total. The van der Waals surface area contributed by atoms with E-state index in [0.29, 0.717) is 5.82 Å². The maximum Gasteiger partial charge on any atom is 0.335 e. The summed E-state index contributed by atoms with van der Waals surface area (Å²) < 4.78 is 0. The monoisotopic (exact) mass is 272 g/mol. The lowest BCUT2D eigenvalue weighted by molar-refractivity contribution is 0.0697. The third-order valence-corrected chi connectivity index (χ3v) is 3.40. The van der Waals surface area contributed by atoms with E-state index >= 15 is 0 Å². The maximum absolute atomic E-state index is 10.8. The number of carboxylic acid groups (broad SMARTS) is 1. The van der Waals surface area contributed by atoms with E-state index in [4.69, 9.17) is 5.11 Å². The Labute approximate surface area is 111 Å². The zero-order chi connectivity index (χ0) is 13.2. The Kier molecular flexibility index (Phi) is 2.81. The number of thiazole rings is 1. The molecule has 0 bridgehead atoms. The number of hydrogen-bond donors (Lipinski definition) is 2. The largest absolute Gasteiger partial charge is 0.478 e. The smallest absolute Gasteiger partial charge is 0.335 e. The molecule has 7 heteroatoms. The Bertz CT molecular complexity index is 704. The Balaban J connectivity index is 1.92. The summed E-state index contributed by atoms with van der Waals surface area (Å²) >= 11 is 1.45. The number of H-pyrrole nitrogens is 1. The van der Waals surface area contributed by atoms with Crippen molar-refractivity contribution in [1.82, 2.24) is 20.2 Å². The first-order valence-electron chi connectivity index (χ1n) is 5.39. The normalized spacial score (nSPS) is 10.5. The van der Waals surface area contributed by atoms with Crippen molar-refractivity contribution in [2.24, 2.45) is 0 Å². The Morgan fingerprint density at radius 1 is 1.26 bits per heavy atom. The zero-order valence-corrected chi connectivity index (χ0v) is 10.4. The molecule has 0 aliphatic rings. The lowest BCUT2D eigenvalue weighted by Crippen LogP contribution is -1.94. The van der Waals surface area contributed by atoms with E-state index in [9.17, 15) is 4.79 Å². The minimum Gasteiger partial charge on any atom is -0.478 e. The summed E-state index contributed by atoms with van der Waals surface area (Å²) in [5.74, 6) is -0.314. The van der Waals surface area contributed by atoms with Crippen LogP contribution in [0.4, 0.5) is 0 Å². The minimum absolute atomic E-state index is 0.259. The van der Waals surface area contributed by atoms with Crippen LogP contribution in [-0.2, 0) is 0 Å². The summed E-state index contributed by atoms with van der Waals surface area (Å²) in [6.45, 7) is 0. The molecule has 0 atom stereocenters. The number of aromatic carboxylic acids is 1. The minimum atomic E-state index is -0.938. The molecule has 0 amide bonds. The van der Waals surface area contributed by atoms with Gasteiger partial charge in [-0.3, -0.25) is 5.10 Å². The van der Waals surface area contributed by atoms with Crippen LogP contribution in [0, 0.1) is 0 Å². The van der Waals surface area contributed by atoms with Crippen LogP contribution in [0.3, 0.4) is 0 Å². The van der Waals surface area contributed by atoms with E-state index in [2.05, 4.69) is 20.2 Å². The molecule has 2 heterocycles. The maximum atomic E-state index is 10.8. The fraction of sp³-hybridized carbons (Fsp3) is 0. The first kappa shape index (κ1) is 11.5. The predicted molar refractivity (Wildman–Crippen MR) is 69.9 cm³/mol. The van der Waals surface area contributed by atoms with E-state index in [1.807, 2.05) is 5.38 Å². The van der Waals surface area contributed by atoms with E-state index in [0.717, 1.165) is 16.3 Å². The van der Waals surface area contributed by atoms with Crippen molar-refractivity contribution in [3.8, 4) is 22.1 Å². The number of nitrogens with zero attached hydrogens (tertiary/aromatic N) is 3. The van der Waals surface area contributed by atoms with Crippen LogP contribution < -0.4 is 0 Å². The van der Waals surface area contributed by atoms with Crippen molar-refractivity contribution < 1.29 is 9.90 Å². The topological polar surface area (TPSA) is 91.8 Å². The second kappa shape index (κ2) is 4.62. The van der Waals surface area contributed by atoms with E-state index < -0.39 is 5.97 Å². The van der Waals surface area contributed by atoms with Crippen LogP contribution in [0.2, 0.25) is 0 Å². The number of aromatic nitrogens is 4. The van der Waals surface area contributed by atoms with Crippen LogP contribution in [0.15, 0.2) is 36.0 Å². The molecule has 0 saturated heterocycles. The third-order valence-electron chi connectivity index (χ3n) is 2.55. The predicted octanol–water partition coefficient (Wildman–Crippen LogP) is 2.29. The SMILES string of the molecule is O=C(O)c1ccc(-c2csc(-c3ncn[nH]3)n2)cc1. The summed E-state index contributed by atoms with van der Waals surface area (Å²) in [6.07, 6.45) is 1.43. The number of benzene rings is 1. The van der Waals surface area contributed by atoms with Gasteiger partial charge in [0.25, 0.3) is 0 Å². The van der Waals surface area contributed by atoms with E-state index in [1.165, 1.54) is 17.7 Å². The Morgan fingerprint density at radius 3 is 2.68 bits per heavy atom. The molecule has 0 unspecified atom stereocenters. The summed E-state index contributed by atoms with van der Waals surface area (Å²) in [5.41, 5.74) is 1.91. The highest BCUT2D eigenvalue weighted by Gasteiger charge is 2.09. The van der Waals surface area contributed by atoms with Gasteiger partial charge in [0.15, 0.2) is 10.8 Å². The van der Waals surface area contributed by atoms with Gasteiger partial charge in [0, 0.05) is 10.9 Å². The van der Waals surface area contributed by atoms with Gasteiger partial charge in [-0.1, -0.05) is 12.1 Å². The highest BCUT2D eigenvalue weighted by Crippen LogP contribution is 2.26. The van der Waals surface area contributed by atoms with Gasteiger partial charge in [-0.05, 0) is 12.1 Å². The van der Waals surface area contributed by atoms with Gasteiger partial charge >= 0.3 is 5.97 Å². The van der Waals surface area contributed by atoms with Crippen LogP contribution in [-0.4, -0.2) is 31.2 Å². The molecule has 0 fully saturated rings. The molecule has 2 aromatic heterocycles. The second-order valence-corrected chi connectivity index (χ2v) is 4.61. The standard InChI is InChI=1S/C12H8N4O2S/c17-12(18)8-3-1-7(2-4-8)9-5-19-11(15-9)10-13-6-14-16-10/h1-6H,(H,17,18)(H,13,14,16). The first-order chi connectivity index (χ1) is 9.24. The van der Waals surface area contributed by atoms with Crippen LogP contribution >= 0.6 is 11.3 Å². The van der Waals surface area contributed by atoms with Crippen molar-refractivity contribution in [2.75, 3.05) is 0 Å². The summed E-state index contributed by atoms with van der Waals surface area (Å²) in [5, 5.41) is 18.0. The molecule has 0 radical (unpaired) electrons. The molecule has 0 spiro atoms. The fourth-order valence-electron chi connectivity index (χ4n) is 1.61. The van der Waals surface area contributed by atoms with Gasteiger partial charge in [0.2, 0.25) is 0 Å². The number of nitrogens with one attached hydrogen (secondary N) is 1. The second-order valence-electron chi connectivity index (χ2n) is 3.75. The van der Waals surface area contributed by atoms with Crippen molar-refractivity contribution >= 4 is 17.3 Å². The van der Waals surface area contributed by atoms with Gasteiger partial charge in [-0.25, -0.2) is 14.8 Å². The lowest BCUT2D eigenvalue weighted by atomic mass is 10.1. The highest BCUT2D eigenvalue weighted by atomic mass is 32.1. The molecule has 3 rings (SSSR count). The molecule has 19 heavy (non-hydrogen) atoms. The molecular formula is C12H8N4O2S. The Morgan fingerprint density at radius 2 is 2.05 bits per heavy atom. The van der Waals surface area contributed by atoms with Crippen molar-refractivity contribution in [1.29, 1.82) is 0 Å². The fourth-order valence-corrected chi connectivity index (χ4v) is 2.38. The molecule has 1 aromatic carbocycles.